The topological polar surface area (TPSA) is 40.5 Å². The summed E-state index contributed by atoms with van der Waals surface area (Å²) in [6.07, 6.45) is 23.6. The standard InChI is InChI=1S/C23H47NO2/c1-3-5-6-7-8-9-10-11-12-13-14-15-16-17-18-19-20-21-23(26)24(4-2)22-25/h25H,3-22H2,1-2H3. The molecule has 0 spiro atoms. The van der Waals surface area contributed by atoms with Crippen LogP contribution in [-0.4, -0.2) is 29.2 Å². The molecular weight excluding hydrogens is 322 g/mol. The molecule has 1 N–H and O–H groups in total. The van der Waals surface area contributed by atoms with Crippen LogP contribution in [0.4, 0.5) is 0 Å². The molecule has 0 aromatic rings. The van der Waals surface area contributed by atoms with E-state index in [0.717, 1.165) is 12.8 Å². The summed E-state index contributed by atoms with van der Waals surface area (Å²) in [6, 6.07) is 0. The van der Waals surface area contributed by atoms with E-state index in [-0.39, 0.29) is 12.6 Å². The van der Waals surface area contributed by atoms with Crippen LogP contribution in [-0.2, 0) is 4.79 Å². The number of carbonyl (C=O) groups is 1. The number of amides is 1. The normalized spacial score (nSPS) is 11.0. The van der Waals surface area contributed by atoms with Crippen molar-refractivity contribution in [1.82, 2.24) is 4.90 Å². The molecule has 26 heavy (non-hydrogen) atoms. The maximum absolute atomic E-state index is 11.7. The van der Waals surface area contributed by atoms with Crippen molar-refractivity contribution in [2.75, 3.05) is 13.3 Å². The van der Waals surface area contributed by atoms with Gasteiger partial charge in [-0.3, -0.25) is 4.79 Å². The molecule has 156 valence electrons. The maximum Gasteiger partial charge on any atom is 0.224 e. The minimum atomic E-state index is -0.145. The number of hydrogen-bond donors (Lipinski definition) is 1. The zero-order valence-electron chi connectivity index (χ0n) is 17.9. The molecule has 0 aliphatic rings. The van der Waals surface area contributed by atoms with Crippen LogP contribution < -0.4 is 0 Å². The summed E-state index contributed by atoms with van der Waals surface area (Å²) in [5.74, 6) is 0.0935. The first kappa shape index (κ1) is 25.4. The van der Waals surface area contributed by atoms with Gasteiger partial charge in [-0.15, -0.1) is 0 Å². The Morgan fingerprint density at radius 1 is 0.615 bits per heavy atom. The summed E-state index contributed by atoms with van der Waals surface area (Å²) in [5, 5.41) is 9.05. The molecule has 3 nitrogen and oxygen atoms in total. The van der Waals surface area contributed by atoms with Gasteiger partial charge in [0.05, 0.1) is 0 Å². The molecule has 0 unspecified atom stereocenters. The van der Waals surface area contributed by atoms with Crippen LogP contribution in [0.2, 0.25) is 0 Å². The fourth-order valence-corrected chi connectivity index (χ4v) is 3.51. The molecule has 0 aromatic heterocycles. The van der Waals surface area contributed by atoms with E-state index >= 15 is 0 Å². The number of unbranched alkanes of at least 4 members (excludes halogenated alkanes) is 16. The molecule has 0 aromatic carbocycles. The van der Waals surface area contributed by atoms with E-state index in [1.807, 2.05) is 6.92 Å². The van der Waals surface area contributed by atoms with Gasteiger partial charge in [0.2, 0.25) is 5.91 Å². The van der Waals surface area contributed by atoms with E-state index in [1.54, 1.807) is 0 Å². The highest BCUT2D eigenvalue weighted by Gasteiger charge is 2.08. The van der Waals surface area contributed by atoms with Crippen LogP contribution in [0, 0.1) is 0 Å². The summed E-state index contributed by atoms with van der Waals surface area (Å²) >= 11 is 0. The van der Waals surface area contributed by atoms with Gasteiger partial charge in [-0.05, 0) is 13.3 Å². The van der Waals surface area contributed by atoms with E-state index in [1.165, 1.54) is 101 Å². The lowest BCUT2D eigenvalue weighted by molar-refractivity contribution is -0.134. The lowest BCUT2D eigenvalue weighted by atomic mass is 10.0. The first-order chi connectivity index (χ1) is 12.8. The Hall–Kier alpha value is -0.570. The van der Waals surface area contributed by atoms with E-state index in [4.69, 9.17) is 5.11 Å². The molecule has 0 saturated heterocycles. The number of carbonyl (C=O) groups excluding carboxylic acids is 1. The lowest BCUT2D eigenvalue weighted by Crippen LogP contribution is -2.31. The smallest absolute Gasteiger partial charge is 0.224 e. The summed E-state index contributed by atoms with van der Waals surface area (Å²) in [4.78, 5) is 13.2. The highest BCUT2D eigenvalue weighted by atomic mass is 16.3. The molecule has 0 radical (unpaired) electrons. The van der Waals surface area contributed by atoms with Crippen LogP contribution in [0.25, 0.3) is 0 Å². The van der Waals surface area contributed by atoms with Gasteiger partial charge in [-0.25, -0.2) is 0 Å². The van der Waals surface area contributed by atoms with Crippen molar-refractivity contribution < 1.29 is 9.90 Å². The molecular formula is C23H47NO2. The summed E-state index contributed by atoms with van der Waals surface area (Å²) in [6.45, 7) is 4.65. The third kappa shape index (κ3) is 16.9. The molecule has 0 fully saturated rings. The Kier molecular flexibility index (Phi) is 20.3. The predicted molar refractivity (Wildman–Crippen MR) is 113 cm³/mol. The number of aliphatic hydroxyl groups is 1. The highest BCUT2D eigenvalue weighted by molar-refractivity contribution is 5.75. The molecule has 1 amide bonds. The molecule has 0 aliphatic heterocycles. The van der Waals surface area contributed by atoms with Crippen LogP contribution in [0.1, 0.15) is 129 Å². The number of nitrogens with zero attached hydrogens (tertiary/aromatic N) is 1. The Balaban J connectivity index is 3.14. The third-order valence-electron chi connectivity index (χ3n) is 5.40. The van der Waals surface area contributed by atoms with Crippen molar-refractivity contribution in [3.63, 3.8) is 0 Å². The van der Waals surface area contributed by atoms with Gasteiger partial charge in [-0.1, -0.05) is 110 Å². The fourth-order valence-electron chi connectivity index (χ4n) is 3.51. The summed E-state index contributed by atoms with van der Waals surface area (Å²) < 4.78 is 0. The van der Waals surface area contributed by atoms with E-state index < -0.39 is 0 Å². The first-order valence-electron chi connectivity index (χ1n) is 11.6. The minimum absolute atomic E-state index is 0.0935. The Morgan fingerprint density at radius 3 is 1.27 bits per heavy atom. The van der Waals surface area contributed by atoms with Gasteiger partial charge in [0, 0.05) is 13.0 Å². The van der Waals surface area contributed by atoms with Crippen molar-refractivity contribution in [3.8, 4) is 0 Å². The van der Waals surface area contributed by atoms with Crippen molar-refractivity contribution in [1.29, 1.82) is 0 Å². The average molecular weight is 370 g/mol. The molecule has 0 atom stereocenters. The van der Waals surface area contributed by atoms with E-state index in [2.05, 4.69) is 6.92 Å². The van der Waals surface area contributed by atoms with Crippen LogP contribution in [0.15, 0.2) is 0 Å². The Bertz CT molecular complexity index is 290. The van der Waals surface area contributed by atoms with Crippen molar-refractivity contribution in [2.45, 2.75) is 129 Å². The highest BCUT2D eigenvalue weighted by Crippen LogP contribution is 2.14. The van der Waals surface area contributed by atoms with Crippen molar-refractivity contribution in [3.05, 3.63) is 0 Å². The summed E-state index contributed by atoms with van der Waals surface area (Å²) in [7, 11) is 0. The molecule has 0 aliphatic carbocycles. The van der Waals surface area contributed by atoms with Gasteiger partial charge >= 0.3 is 0 Å². The second-order valence-electron chi connectivity index (χ2n) is 7.80. The SMILES string of the molecule is CCCCCCCCCCCCCCCCCCCC(=O)N(CC)CO. The van der Waals surface area contributed by atoms with Gasteiger partial charge < -0.3 is 10.0 Å². The third-order valence-corrected chi connectivity index (χ3v) is 5.40. The predicted octanol–water partition coefficient (Wildman–Crippen LogP) is 6.83. The molecule has 0 heterocycles. The number of rotatable bonds is 20. The molecule has 3 heteroatoms. The first-order valence-corrected chi connectivity index (χ1v) is 11.6. The second-order valence-corrected chi connectivity index (χ2v) is 7.80. The Labute approximate surface area is 163 Å². The second kappa shape index (κ2) is 20.7. The average Bonchev–Trinajstić information content (AvgIpc) is 2.65. The van der Waals surface area contributed by atoms with Crippen molar-refractivity contribution in [2.24, 2.45) is 0 Å². The molecule has 0 bridgehead atoms. The quantitative estimate of drug-likeness (QED) is 0.189. The van der Waals surface area contributed by atoms with Gasteiger partial charge in [0.1, 0.15) is 6.73 Å². The van der Waals surface area contributed by atoms with Gasteiger partial charge in [0.15, 0.2) is 0 Å². The van der Waals surface area contributed by atoms with Gasteiger partial charge in [-0.2, -0.15) is 0 Å². The number of aliphatic hydroxyl groups excluding tert-OH is 1. The van der Waals surface area contributed by atoms with E-state index in [0.29, 0.717) is 13.0 Å². The fraction of sp³-hybridized carbons (Fsp3) is 0.957. The Morgan fingerprint density at radius 2 is 0.962 bits per heavy atom. The minimum Gasteiger partial charge on any atom is -0.376 e. The van der Waals surface area contributed by atoms with Crippen molar-refractivity contribution >= 4 is 5.91 Å². The monoisotopic (exact) mass is 369 g/mol. The van der Waals surface area contributed by atoms with Crippen LogP contribution in [0.5, 0.6) is 0 Å². The molecule has 0 saturated carbocycles. The lowest BCUT2D eigenvalue weighted by Gasteiger charge is -2.17. The zero-order valence-corrected chi connectivity index (χ0v) is 17.9. The maximum atomic E-state index is 11.7. The molecule has 0 rings (SSSR count). The zero-order chi connectivity index (χ0) is 19.3. The largest absolute Gasteiger partial charge is 0.376 e. The van der Waals surface area contributed by atoms with Crippen LogP contribution in [0.3, 0.4) is 0 Å². The number of hydrogen-bond acceptors (Lipinski definition) is 2. The van der Waals surface area contributed by atoms with E-state index in [9.17, 15) is 4.79 Å². The van der Waals surface area contributed by atoms with Crippen LogP contribution >= 0.6 is 0 Å². The summed E-state index contributed by atoms with van der Waals surface area (Å²) in [5.41, 5.74) is 0. The van der Waals surface area contributed by atoms with Gasteiger partial charge in [0.25, 0.3) is 0 Å².